The SMILES string of the molecule is CCCC[C@H](NC(=O)[C@@H](NC(=O)[C@@H]1CCCN1C(=O)[C@@H](N)CS)[C@@H](C)O)C(=O)N[C@@H](CC(=O)O)C(=O)N[C@@H](CCCNC(=N)N)C(=O)N[C@H](C(=O)N[C@@H](CC(C)C)C(=O)N[C@@H](CCC(N)=O)C(=O)NCC(=O)N[C@H](C(=O)N[C@@H](CC(C)C)C(=O)N1CCC[C@H]1C(=O)N[C@@H](C)C(=O)N[C@H](C(=O)N1CCC[C@H]1C(=O)N[C@@H](CCC(N)=O)C(=O)N[C@H](C(=O)N[C@H](C(=O)N[C@@H](CS)C(=O)O)C(C)C)C(C)C)C(C)C)C(C)C)C(C)C. The minimum absolute atomic E-state index is 0.0144. The Kier molecular flexibility index (Phi) is 54.8. The molecule has 0 spiro atoms. The lowest BCUT2D eigenvalue weighted by Crippen LogP contribution is -2.62. The number of guanidine groups is 1. The van der Waals surface area contributed by atoms with Crippen LogP contribution in [0.25, 0.3) is 0 Å². The molecule has 29 N–H and O–H groups in total. The number of carboxylic acid groups (broad SMARTS) is 2. The number of aliphatic hydroxyl groups excluding tert-OH is 1. The van der Waals surface area contributed by atoms with Crippen molar-refractivity contribution in [2.45, 2.75) is 354 Å². The van der Waals surface area contributed by atoms with Crippen LogP contribution in [0.4, 0.5) is 0 Å². The highest BCUT2D eigenvalue weighted by Gasteiger charge is 2.47. The maximum Gasteiger partial charge on any atom is 0.327 e. The number of carboxylic acids is 2. The second-order valence-corrected chi connectivity index (χ2v) is 40.5. The molecule has 146 heavy (non-hydrogen) atoms. The first-order valence-electron chi connectivity index (χ1n) is 49.7. The van der Waals surface area contributed by atoms with Crippen molar-refractivity contribution >= 4 is 167 Å². The van der Waals surface area contributed by atoms with Crippen molar-refractivity contribution in [2.75, 3.05) is 44.2 Å². The molecule has 53 heteroatoms. The smallest absolute Gasteiger partial charge is 0.327 e. The highest BCUT2D eigenvalue weighted by atomic mass is 32.1. The quantitative estimate of drug-likeness (QED) is 0.0117. The Morgan fingerprint density at radius 2 is 0.712 bits per heavy atom. The number of primary amides is 2. The van der Waals surface area contributed by atoms with E-state index in [1.165, 1.54) is 42.4 Å². The predicted molar refractivity (Wildman–Crippen MR) is 538 cm³/mol. The number of aliphatic carboxylic acids is 2. The van der Waals surface area contributed by atoms with Crippen LogP contribution in [0, 0.1) is 46.8 Å². The summed E-state index contributed by atoms with van der Waals surface area (Å²) >= 11 is 8.06. The molecule has 0 unspecified atom stereocenters. The number of carbonyl (C=O) groups is 23. The summed E-state index contributed by atoms with van der Waals surface area (Å²) in [6.45, 7) is 26.3. The first-order valence-corrected chi connectivity index (χ1v) is 51.0. The second kappa shape index (κ2) is 62.6. The van der Waals surface area contributed by atoms with Gasteiger partial charge in [-0.3, -0.25) is 111 Å². The molecule has 0 aromatic carbocycles. The summed E-state index contributed by atoms with van der Waals surface area (Å²) < 4.78 is 0. The van der Waals surface area contributed by atoms with Gasteiger partial charge in [-0.1, -0.05) is 117 Å². The van der Waals surface area contributed by atoms with Crippen molar-refractivity contribution in [1.82, 2.24) is 105 Å². The molecule has 3 aliphatic heterocycles. The van der Waals surface area contributed by atoms with Crippen molar-refractivity contribution in [3.05, 3.63) is 0 Å². The number of rotatable bonds is 63. The summed E-state index contributed by atoms with van der Waals surface area (Å²) in [4.78, 5) is 321. The lowest BCUT2D eigenvalue weighted by molar-refractivity contribution is -0.144. The molecule has 824 valence electrons. The van der Waals surface area contributed by atoms with E-state index in [0.717, 1.165) is 0 Å². The number of thiol groups is 2. The van der Waals surface area contributed by atoms with Gasteiger partial charge in [-0.25, -0.2) is 4.79 Å². The van der Waals surface area contributed by atoms with Gasteiger partial charge in [0.05, 0.1) is 25.1 Å². The molecule has 21 amide bonds. The van der Waals surface area contributed by atoms with Gasteiger partial charge in [-0.2, -0.15) is 25.3 Å². The Bertz CT molecular complexity index is 4570. The summed E-state index contributed by atoms with van der Waals surface area (Å²) in [5.74, 6) is -26.6. The number of nitrogens with two attached hydrogens (primary N) is 4. The van der Waals surface area contributed by atoms with E-state index in [-0.39, 0.29) is 120 Å². The second-order valence-electron chi connectivity index (χ2n) is 39.7. The molecular weight excluding hydrogens is 1950 g/mol. The molecule has 0 saturated carbocycles. The molecule has 3 fully saturated rings. The van der Waals surface area contributed by atoms with Crippen molar-refractivity contribution in [2.24, 2.45) is 64.4 Å². The third-order valence-corrected chi connectivity index (χ3v) is 25.5. The van der Waals surface area contributed by atoms with Crippen molar-refractivity contribution in [3.63, 3.8) is 0 Å². The zero-order chi connectivity index (χ0) is 111. The number of hydrogen-bond acceptors (Lipinski definition) is 28. The van der Waals surface area contributed by atoms with Crippen molar-refractivity contribution < 1.29 is 126 Å². The van der Waals surface area contributed by atoms with Gasteiger partial charge in [-0.05, 0) is 139 Å². The molecule has 0 radical (unpaired) electrons. The van der Waals surface area contributed by atoms with E-state index in [2.05, 4.69) is 116 Å². The number of amides is 21. The number of likely N-dealkylation sites (tertiary alicyclic amines) is 3. The zero-order valence-electron chi connectivity index (χ0n) is 86.5. The summed E-state index contributed by atoms with van der Waals surface area (Å²) in [6.07, 6.45) is -2.87. The van der Waals surface area contributed by atoms with E-state index >= 15 is 0 Å². The molecule has 3 aliphatic rings. The molecular formula is C93H159N25O26S2. The number of unbranched alkanes of at least 4 members (excludes halogenated alkanes) is 1. The fourth-order valence-corrected chi connectivity index (χ4v) is 16.9. The Morgan fingerprint density at radius 1 is 0.363 bits per heavy atom. The van der Waals surface area contributed by atoms with Gasteiger partial charge >= 0.3 is 11.9 Å². The van der Waals surface area contributed by atoms with Crippen molar-refractivity contribution in [1.29, 1.82) is 5.41 Å². The largest absolute Gasteiger partial charge is 0.481 e. The maximum atomic E-state index is 14.8. The standard InChI is InChI=1S/C93H159N25O26S2/c1-18-19-24-53(105-88(139)73(51(17)119)115-83(134)63-28-21-34-116(63)89(140)52(94)41-145)76(127)106-58(39-67(123)124)80(131)102-54(25-20-33-99-93(97)98)77(128)111-69(46(8)9)85(136)107-57(37-43(2)3)79(130)103-55(29-31-64(95)120)75(126)100-40-66(122)110-68(45(6)7)84(135)108-59(38-44(4)5)90(141)117-35-22-26-61(117)81(132)101-50(16)74(125)114-72(49(14)15)91(142)118-36-23-27-62(118)82(133)104-56(30-32-65(96)121)78(129)112-71(48(12)13)87(138)113-70(47(10)11)86(137)109-60(42-146)92(143)144/h43-63,68-73,119,145-146H,18-42,94H2,1-17H3,(H2,95,120)(H2,96,121)(H,100,126)(H,101,132)(H,102,131)(H,103,130)(H,104,133)(H,105,139)(H,106,127)(H,107,136)(H,108,135)(H,109,137)(H,110,122)(H,111,128)(H,112,129)(H,113,138)(H,114,125)(H,115,134)(H,123,124)(H,143,144)(H4,97,98,99)/t50-,51+,52-,53-,54-,55-,56-,57-,58-,59-,60-,61-,62-,63-,68-,69-,70-,71-,72-,73-/m0/s1. The molecule has 3 rings (SSSR count). The van der Waals surface area contributed by atoms with Gasteiger partial charge in [0.25, 0.3) is 0 Å². The van der Waals surface area contributed by atoms with Crippen molar-refractivity contribution in [3.8, 4) is 0 Å². The fourth-order valence-electron chi connectivity index (χ4n) is 16.5. The Labute approximate surface area is 861 Å². The van der Waals surface area contributed by atoms with Crippen LogP contribution in [0.15, 0.2) is 0 Å². The highest BCUT2D eigenvalue weighted by molar-refractivity contribution is 7.80. The number of carbonyl (C=O) groups excluding carboxylic acids is 21. The lowest BCUT2D eigenvalue weighted by atomic mass is 9.98. The van der Waals surface area contributed by atoms with E-state index < -0.39 is 325 Å². The normalized spacial score (nSPS) is 18.1. The minimum atomic E-state index is -1.97. The van der Waals surface area contributed by atoms with Crippen LogP contribution in [-0.4, -0.2) is 337 Å². The third-order valence-electron chi connectivity index (χ3n) is 24.7. The van der Waals surface area contributed by atoms with Gasteiger partial charge in [0.15, 0.2) is 5.96 Å². The van der Waals surface area contributed by atoms with E-state index in [4.69, 9.17) is 28.3 Å². The maximum absolute atomic E-state index is 14.8. The molecule has 51 nitrogen and oxygen atoms in total. The Morgan fingerprint density at radius 3 is 1.14 bits per heavy atom. The number of hydrogen-bond donors (Lipinski definition) is 27. The first kappa shape index (κ1) is 128. The number of nitrogens with zero attached hydrogens (tertiary/aromatic N) is 3. The van der Waals surface area contributed by atoms with Gasteiger partial charge in [-0.15, -0.1) is 0 Å². The molecule has 0 aromatic rings. The Hall–Kier alpha value is -12.3. The summed E-state index contributed by atoms with van der Waals surface area (Å²) in [5.41, 5.74) is 22.4. The molecule has 0 aromatic heterocycles. The summed E-state index contributed by atoms with van der Waals surface area (Å²) in [7, 11) is 0. The van der Waals surface area contributed by atoms with Crippen LogP contribution >= 0.6 is 25.3 Å². The monoisotopic (exact) mass is 2110 g/mol. The van der Waals surface area contributed by atoms with Crippen LogP contribution in [0.1, 0.15) is 233 Å². The molecule has 20 atom stereocenters. The average molecular weight is 2110 g/mol. The predicted octanol–water partition coefficient (Wildman–Crippen LogP) is -6.15. The fraction of sp³-hybridized carbons (Fsp3) is 0.742. The van der Waals surface area contributed by atoms with E-state index in [9.17, 15) is 126 Å². The topological polar surface area (TPSA) is 795 Å². The van der Waals surface area contributed by atoms with E-state index in [1.807, 2.05) is 0 Å². The highest BCUT2D eigenvalue weighted by Crippen LogP contribution is 2.26. The van der Waals surface area contributed by atoms with Gasteiger partial charge < -0.3 is 143 Å². The number of nitrogens with one attached hydrogen (secondary N) is 18. The molecule has 0 aliphatic carbocycles. The third kappa shape index (κ3) is 41.9. The average Bonchev–Trinajstić information content (AvgIpc) is 1.65. The Balaban J connectivity index is 1.81. The number of aliphatic hydroxyl groups is 1. The van der Waals surface area contributed by atoms with Crippen LogP contribution < -0.4 is 113 Å². The minimum Gasteiger partial charge on any atom is -0.481 e. The van der Waals surface area contributed by atoms with Gasteiger partial charge in [0.2, 0.25) is 124 Å². The first-order chi connectivity index (χ1) is 68.2. The van der Waals surface area contributed by atoms with Gasteiger partial charge in [0, 0.05) is 50.5 Å². The van der Waals surface area contributed by atoms with E-state index in [1.54, 1.807) is 90.0 Å². The van der Waals surface area contributed by atoms with Crippen LogP contribution in [0.2, 0.25) is 0 Å². The molecule has 0 bridgehead atoms. The molecule has 3 saturated heterocycles. The lowest BCUT2D eigenvalue weighted by Gasteiger charge is -2.33. The summed E-state index contributed by atoms with van der Waals surface area (Å²) in [5, 5.41) is 81.0. The van der Waals surface area contributed by atoms with E-state index in [0.29, 0.717) is 19.3 Å². The van der Waals surface area contributed by atoms with Gasteiger partial charge in [0.1, 0.15) is 109 Å². The van der Waals surface area contributed by atoms with Crippen LogP contribution in [-0.2, 0) is 110 Å². The van der Waals surface area contributed by atoms with Crippen LogP contribution in [0.5, 0.6) is 0 Å². The van der Waals surface area contributed by atoms with Crippen LogP contribution in [0.3, 0.4) is 0 Å². The molecule has 3 heterocycles. The zero-order valence-corrected chi connectivity index (χ0v) is 88.3. The summed E-state index contributed by atoms with van der Waals surface area (Å²) in [6, 6.07) is -27.0.